The van der Waals surface area contributed by atoms with Crippen LogP contribution in [0.15, 0.2) is 0 Å². The van der Waals surface area contributed by atoms with Crippen molar-refractivity contribution in [2.45, 2.75) is 51.0 Å². The van der Waals surface area contributed by atoms with Gasteiger partial charge in [-0.25, -0.2) is 0 Å². The van der Waals surface area contributed by atoms with Crippen LogP contribution in [-0.4, -0.2) is 23.9 Å². The Labute approximate surface area is 97.4 Å². The number of aliphatic hydroxyl groups is 1. The van der Waals surface area contributed by atoms with Crippen LogP contribution in [-0.2, 0) is 4.74 Å². The number of hydrogen-bond acceptors (Lipinski definition) is 3. The van der Waals surface area contributed by atoms with E-state index in [2.05, 4.69) is 13.0 Å². The number of nitriles is 1. The van der Waals surface area contributed by atoms with E-state index in [0.29, 0.717) is 12.5 Å². The minimum absolute atomic E-state index is 0.342. The summed E-state index contributed by atoms with van der Waals surface area (Å²) in [7, 11) is 0. The third-order valence-electron chi connectivity index (χ3n) is 4.45. The van der Waals surface area contributed by atoms with E-state index in [-0.39, 0.29) is 0 Å². The summed E-state index contributed by atoms with van der Waals surface area (Å²) in [5, 5.41) is 20.2. The third-order valence-corrected chi connectivity index (χ3v) is 4.45. The van der Waals surface area contributed by atoms with E-state index in [1.54, 1.807) is 0 Å². The van der Waals surface area contributed by atoms with Crippen molar-refractivity contribution in [3.63, 3.8) is 0 Å². The van der Waals surface area contributed by atoms with Gasteiger partial charge in [0.05, 0.1) is 18.1 Å². The molecule has 0 radical (unpaired) electrons. The highest BCUT2D eigenvalue weighted by molar-refractivity contribution is 5.13. The molecule has 0 aromatic heterocycles. The highest BCUT2D eigenvalue weighted by atomic mass is 16.5. The second-order valence-electron chi connectivity index (χ2n) is 5.56. The molecule has 0 aromatic carbocycles. The highest BCUT2D eigenvalue weighted by Crippen LogP contribution is 2.48. The lowest BCUT2D eigenvalue weighted by Gasteiger charge is -2.47. The van der Waals surface area contributed by atoms with Crippen molar-refractivity contribution in [2.75, 3.05) is 13.2 Å². The second kappa shape index (κ2) is 4.35. The molecule has 1 aliphatic carbocycles. The summed E-state index contributed by atoms with van der Waals surface area (Å²) < 4.78 is 5.39. The lowest BCUT2D eigenvalue weighted by atomic mass is 9.61. The zero-order valence-electron chi connectivity index (χ0n) is 10.0. The molecule has 2 fully saturated rings. The van der Waals surface area contributed by atoms with Gasteiger partial charge in [0.25, 0.3) is 0 Å². The van der Waals surface area contributed by atoms with Crippen LogP contribution in [0.5, 0.6) is 0 Å². The molecule has 1 saturated carbocycles. The lowest BCUT2D eigenvalue weighted by Crippen LogP contribution is -2.54. The summed E-state index contributed by atoms with van der Waals surface area (Å²) in [6.45, 7) is 3.29. The van der Waals surface area contributed by atoms with Gasteiger partial charge in [-0.15, -0.1) is 0 Å². The van der Waals surface area contributed by atoms with Gasteiger partial charge in [-0.2, -0.15) is 5.26 Å². The van der Waals surface area contributed by atoms with Crippen LogP contribution in [0.4, 0.5) is 0 Å². The van der Waals surface area contributed by atoms with Crippen molar-refractivity contribution in [1.82, 2.24) is 0 Å². The van der Waals surface area contributed by atoms with Gasteiger partial charge in [0.15, 0.2) is 0 Å². The molecular formula is C13H21NO2. The Morgan fingerprint density at radius 1 is 1.31 bits per heavy atom. The Balaban J connectivity index is 2.17. The van der Waals surface area contributed by atoms with Crippen LogP contribution in [0.1, 0.15) is 45.4 Å². The number of hydrogen-bond donors (Lipinski definition) is 1. The van der Waals surface area contributed by atoms with E-state index < -0.39 is 11.0 Å². The Morgan fingerprint density at radius 2 is 2.00 bits per heavy atom. The van der Waals surface area contributed by atoms with Gasteiger partial charge >= 0.3 is 0 Å². The fourth-order valence-electron chi connectivity index (χ4n) is 3.09. The molecule has 0 aromatic rings. The van der Waals surface area contributed by atoms with Gasteiger partial charge in [-0.05, 0) is 44.4 Å². The quantitative estimate of drug-likeness (QED) is 0.741. The van der Waals surface area contributed by atoms with E-state index >= 15 is 0 Å². The third kappa shape index (κ3) is 1.85. The maximum absolute atomic E-state index is 10.7. The molecule has 1 atom stereocenters. The number of rotatable bonds is 1. The SMILES string of the molecule is CC1CCC(C#N)(C2(O)CCCOC2)CC1. The zero-order chi connectivity index (χ0) is 11.6. The normalized spacial score (nSPS) is 44.9. The molecule has 3 heteroatoms. The lowest BCUT2D eigenvalue weighted by molar-refractivity contribution is -0.154. The molecule has 2 aliphatic rings. The fraction of sp³-hybridized carbons (Fsp3) is 0.923. The van der Waals surface area contributed by atoms with E-state index in [1.807, 2.05) is 0 Å². The van der Waals surface area contributed by atoms with Crippen LogP contribution in [0.3, 0.4) is 0 Å². The van der Waals surface area contributed by atoms with Crippen molar-refractivity contribution in [1.29, 1.82) is 5.26 Å². The van der Waals surface area contributed by atoms with E-state index in [9.17, 15) is 10.4 Å². The summed E-state index contributed by atoms with van der Waals surface area (Å²) in [6, 6.07) is 2.42. The molecule has 1 unspecified atom stereocenters. The van der Waals surface area contributed by atoms with E-state index in [4.69, 9.17) is 4.74 Å². The summed E-state index contributed by atoms with van der Waals surface area (Å²) in [4.78, 5) is 0. The van der Waals surface area contributed by atoms with Gasteiger partial charge in [-0.3, -0.25) is 0 Å². The minimum atomic E-state index is -0.903. The van der Waals surface area contributed by atoms with Crippen molar-refractivity contribution in [3.05, 3.63) is 0 Å². The summed E-state index contributed by atoms with van der Waals surface area (Å²) in [5.41, 5.74) is -1.46. The Hall–Kier alpha value is -0.590. The van der Waals surface area contributed by atoms with Gasteiger partial charge in [0, 0.05) is 6.61 Å². The second-order valence-corrected chi connectivity index (χ2v) is 5.56. The first kappa shape index (κ1) is 11.9. The summed E-state index contributed by atoms with van der Waals surface area (Å²) >= 11 is 0. The predicted octanol–water partition coefficient (Wildman–Crippen LogP) is 2.25. The van der Waals surface area contributed by atoms with Crippen LogP contribution in [0.2, 0.25) is 0 Å². The summed E-state index contributed by atoms with van der Waals surface area (Å²) in [5.74, 6) is 0.689. The first-order valence-corrected chi connectivity index (χ1v) is 6.33. The first-order chi connectivity index (χ1) is 7.62. The predicted molar refractivity (Wildman–Crippen MR) is 60.7 cm³/mol. The van der Waals surface area contributed by atoms with Crippen molar-refractivity contribution in [3.8, 4) is 6.07 Å². The molecule has 90 valence electrons. The Bertz CT molecular complexity index is 281. The largest absolute Gasteiger partial charge is 0.386 e. The minimum Gasteiger partial charge on any atom is -0.386 e. The average molecular weight is 223 g/mol. The van der Waals surface area contributed by atoms with Crippen molar-refractivity contribution >= 4 is 0 Å². The first-order valence-electron chi connectivity index (χ1n) is 6.33. The van der Waals surface area contributed by atoms with Gasteiger partial charge in [0.2, 0.25) is 0 Å². The van der Waals surface area contributed by atoms with Crippen LogP contribution < -0.4 is 0 Å². The smallest absolute Gasteiger partial charge is 0.107 e. The van der Waals surface area contributed by atoms with Gasteiger partial charge in [0.1, 0.15) is 5.60 Å². The molecule has 3 nitrogen and oxygen atoms in total. The number of nitrogens with zero attached hydrogens (tertiary/aromatic N) is 1. The topological polar surface area (TPSA) is 53.2 Å². The van der Waals surface area contributed by atoms with Crippen molar-refractivity contribution < 1.29 is 9.84 Å². The monoisotopic (exact) mass is 223 g/mol. The fourth-order valence-corrected chi connectivity index (χ4v) is 3.09. The molecule has 1 N–H and O–H groups in total. The maximum Gasteiger partial charge on any atom is 0.107 e. The Morgan fingerprint density at radius 3 is 2.50 bits per heavy atom. The highest BCUT2D eigenvalue weighted by Gasteiger charge is 2.52. The summed E-state index contributed by atoms with van der Waals surface area (Å²) in [6.07, 6.45) is 5.34. The van der Waals surface area contributed by atoms with Crippen molar-refractivity contribution in [2.24, 2.45) is 11.3 Å². The van der Waals surface area contributed by atoms with Gasteiger partial charge in [-0.1, -0.05) is 6.92 Å². The zero-order valence-corrected chi connectivity index (χ0v) is 10.0. The van der Waals surface area contributed by atoms with E-state index in [0.717, 1.165) is 45.1 Å². The molecule has 0 bridgehead atoms. The molecule has 0 spiro atoms. The molecule has 0 amide bonds. The van der Waals surface area contributed by atoms with E-state index in [1.165, 1.54) is 0 Å². The van der Waals surface area contributed by atoms with Crippen LogP contribution >= 0.6 is 0 Å². The molecule has 2 rings (SSSR count). The van der Waals surface area contributed by atoms with Gasteiger partial charge < -0.3 is 9.84 Å². The molecular weight excluding hydrogens is 202 g/mol. The van der Waals surface area contributed by atoms with Crippen LogP contribution in [0, 0.1) is 22.7 Å². The number of ether oxygens (including phenoxy) is 1. The maximum atomic E-state index is 10.7. The van der Waals surface area contributed by atoms with Crippen LogP contribution in [0.25, 0.3) is 0 Å². The Kier molecular flexibility index (Phi) is 3.23. The molecule has 1 saturated heterocycles. The standard InChI is InChI=1S/C13H21NO2/c1-11-3-6-12(9-14,7-4-11)13(15)5-2-8-16-10-13/h11,15H,2-8,10H2,1H3. The molecule has 1 aliphatic heterocycles. The molecule has 1 heterocycles. The average Bonchev–Trinajstić information content (AvgIpc) is 2.31. The molecule has 16 heavy (non-hydrogen) atoms.